The summed E-state index contributed by atoms with van der Waals surface area (Å²) in [7, 11) is -0.467. The second kappa shape index (κ2) is 11.0. The summed E-state index contributed by atoms with van der Waals surface area (Å²) >= 11 is 0. The van der Waals surface area contributed by atoms with Gasteiger partial charge in [-0.1, -0.05) is 0 Å². The van der Waals surface area contributed by atoms with E-state index in [1.165, 1.54) is 22.5 Å². The van der Waals surface area contributed by atoms with E-state index in [9.17, 15) is 18.0 Å². The molecule has 13 nitrogen and oxygen atoms in total. The zero-order valence-electron chi connectivity index (χ0n) is 27.1. The fourth-order valence-electron chi connectivity index (χ4n) is 6.48. The van der Waals surface area contributed by atoms with Crippen LogP contribution in [0.4, 0.5) is 21.9 Å². The number of hydrogen-bond donors (Lipinski definition) is 1. The smallest absolute Gasteiger partial charge is 0.331 e. The van der Waals surface area contributed by atoms with E-state index in [0.29, 0.717) is 35.0 Å². The first-order valence-corrected chi connectivity index (χ1v) is 17.8. The van der Waals surface area contributed by atoms with Crippen LogP contribution >= 0.6 is 0 Å². The molecule has 0 unspecified atom stereocenters. The zero-order valence-corrected chi connectivity index (χ0v) is 27.9. The van der Waals surface area contributed by atoms with E-state index in [4.69, 9.17) is 9.97 Å². The van der Waals surface area contributed by atoms with Crippen molar-refractivity contribution < 1.29 is 18.0 Å². The first-order chi connectivity index (χ1) is 22.9. The standard InChI is InChI=1S/C34H35N9O4S/c1-19-9-10-35-32(37-19)26-13-25(26)28-14-29(41(3)48(4,46)47)24-8-7-22(12-27(24)39-28)36-15-23-17-42-16-21(20-5-6-20)11-30(33(42)38-23)43-18-31(44)40(2)34(43)45/h7-12,14,16-17,20,25-26,36H,5-6,13,15,18H2,1-4H3/t25-,26-/m0/s1. The maximum Gasteiger partial charge on any atom is 0.331 e. The summed E-state index contributed by atoms with van der Waals surface area (Å²) < 4.78 is 28.5. The van der Waals surface area contributed by atoms with Gasteiger partial charge in [0.2, 0.25) is 15.9 Å². The Hall–Kier alpha value is -5.11. The highest BCUT2D eigenvalue weighted by atomic mass is 32.2. The number of likely N-dealkylation sites (N-methyl/N-ethyl adjacent to an activating group) is 1. The molecule has 3 aliphatic rings. The van der Waals surface area contributed by atoms with Gasteiger partial charge in [-0.05, 0) is 74.1 Å². The van der Waals surface area contributed by atoms with Crippen LogP contribution in [0, 0.1) is 6.92 Å². The number of aromatic nitrogens is 5. The van der Waals surface area contributed by atoms with Gasteiger partial charge in [-0.15, -0.1) is 0 Å². The second-order valence-electron chi connectivity index (χ2n) is 13.1. The fraction of sp³-hybridized carbons (Fsp3) is 0.353. The number of carbonyl (C=O) groups excluding carboxylic acids is 2. The Morgan fingerprint density at radius 2 is 1.83 bits per heavy atom. The largest absolute Gasteiger partial charge is 0.379 e. The summed E-state index contributed by atoms with van der Waals surface area (Å²) in [6, 6.07) is 11.1. The van der Waals surface area contributed by atoms with Crippen molar-refractivity contribution in [2.24, 2.45) is 0 Å². The normalized spacial score (nSPS) is 19.5. The van der Waals surface area contributed by atoms with Gasteiger partial charge in [-0.25, -0.2) is 28.2 Å². The lowest BCUT2D eigenvalue weighted by Crippen LogP contribution is -2.30. The lowest BCUT2D eigenvalue weighted by atomic mass is 10.1. The monoisotopic (exact) mass is 665 g/mol. The van der Waals surface area contributed by atoms with Crippen LogP contribution < -0.4 is 14.5 Å². The van der Waals surface area contributed by atoms with Crippen LogP contribution in [-0.4, -0.2) is 76.5 Å². The maximum absolute atomic E-state index is 12.9. The number of benzene rings is 1. The van der Waals surface area contributed by atoms with Crippen molar-refractivity contribution in [1.29, 1.82) is 0 Å². The van der Waals surface area contributed by atoms with E-state index in [0.717, 1.165) is 63.7 Å². The maximum atomic E-state index is 12.9. The summed E-state index contributed by atoms with van der Waals surface area (Å²) in [5.74, 6) is 1.19. The summed E-state index contributed by atoms with van der Waals surface area (Å²) in [5, 5.41) is 4.17. The number of imide groups is 1. The fourth-order valence-corrected chi connectivity index (χ4v) is 6.99. The average molecular weight is 666 g/mol. The van der Waals surface area contributed by atoms with Gasteiger partial charge in [0.15, 0.2) is 5.65 Å². The van der Waals surface area contributed by atoms with Crippen molar-refractivity contribution in [2.45, 2.75) is 50.5 Å². The molecule has 0 spiro atoms. The van der Waals surface area contributed by atoms with Gasteiger partial charge in [0.05, 0.1) is 35.4 Å². The number of anilines is 3. The van der Waals surface area contributed by atoms with Crippen molar-refractivity contribution >= 4 is 55.6 Å². The third-order valence-corrected chi connectivity index (χ3v) is 10.8. The van der Waals surface area contributed by atoms with E-state index in [-0.39, 0.29) is 30.3 Å². The minimum Gasteiger partial charge on any atom is -0.379 e. The van der Waals surface area contributed by atoms with Crippen LogP contribution in [0.25, 0.3) is 16.6 Å². The van der Waals surface area contributed by atoms with Crippen LogP contribution in [0.15, 0.2) is 55.0 Å². The summed E-state index contributed by atoms with van der Waals surface area (Å²) in [6.07, 6.45) is 10.0. The Kier molecular flexibility index (Phi) is 6.91. The van der Waals surface area contributed by atoms with Crippen LogP contribution in [0.1, 0.15) is 65.5 Å². The molecule has 3 fully saturated rings. The Morgan fingerprint density at radius 3 is 2.54 bits per heavy atom. The molecule has 4 aromatic heterocycles. The molecule has 1 saturated heterocycles. The summed E-state index contributed by atoms with van der Waals surface area (Å²) in [6.45, 7) is 2.32. The Balaban J connectivity index is 1.10. The van der Waals surface area contributed by atoms with Gasteiger partial charge in [0.1, 0.15) is 12.4 Å². The van der Waals surface area contributed by atoms with Crippen molar-refractivity contribution in [3.63, 3.8) is 0 Å². The predicted molar refractivity (Wildman–Crippen MR) is 182 cm³/mol. The third kappa shape index (κ3) is 5.39. The van der Waals surface area contributed by atoms with Crippen molar-refractivity contribution in [3.8, 4) is 0 Å². The molecule has 48 heavy (non-hydrogen) atoms. The number of hydrogen-bond acceptors (Lipinski definition) is 9. The molecule has 1 aromatic carbocycles. The number of urea groups is 1. The Bertz CT molecular complexity index is 2270. The highest BCUT2D eigenvalue weighted by Crippen LogP contribution is 2.54. The molecule has 246 valence electrons. The molecule has 3 amide bonds. The molecule has 5 aromatic rings. The lowest BCUT2D eigenvalue weighted by Gasteiger charge is -2.20. The Labute approximate surface area is 277 Å². The highest BCUT2D eigenvalue weighted by Gasteiger charge is 2.43. The number of rotatable bonds is 9. The first-order valence-electron chi connectivity index (χ1n) is 16.0. The quantitative estimate of drug-likeness (QED) is 0.224. The SMILES string of the molecule is Cc1ccnc([C@H]2C[C@@H]2c2cc(N(C)S(C)(=O)=O)c3ccc(NCc4cn5cc(C6CC6)cc(N6CC(=O)N(C)C6=O)c5n4)cc3n2)n1. The first kappa shape index (κ1) is 30.2. The van der Waals surface area contributed by atoms with Crippen LogP contribution in [0.5, 0.6) is 0 Å². The summed E-state index contributed by atoms with van der Waals surface area (Å²) in [4.78, 5) is 46.9. The van der Waals surface area contributed by atoms with Crippen molar-refractivity contribution in [3.05, 3.63) is 83.5 Å². The number of nitrogens with one attached hydrogen (secondary N) is 1. The van der Waals surface area contributed by atoms with E-state index in [1.54, 1.807) is 13.2 Å². The molecular weight excluding hydrogens is 631 g/mol. The number of aryl methyl sites for hydroxylation is 1. The number of amides is 3. The van der Waals surface area contributed by atoms with Crippen LogP contribution in [0.3, 0.4) is 0 Å². The van der Waals surface area contributed by atoms with Crippen LogP contribution in [0.2, 0.25) is 0 Å². The van der Waals surface area contributed by atoms with E-state index in [2.05, 4.69) is 21.5 Å². The molecule has 1 aliphatic heterocycles. The molecule has 2 atom stereocenters. The molecule has 14 heteroatoms. The minimum absolute atomic E-state index is 0.0121. The molecular formula is C34H35N9O4S. The molecule has 1 N–H and O–H groups in total. The average Bonchev–Trinajstić information content (AvgIpc) is 3.99. The number of fused-ring (bicyclic) bond motifs is 2. The van der Waals surface area contributed by atoms with Gasteiger partial charge in [-0.3, -0.25) is 23.9 Å². The predicted octanol–water partition coefficient (Wildman–Crippen LogP) is 4.54. The third-order valence-electron chi connectivity index (χ3n) is 9.56. The minimum atomic E-state index is -3.53. The Morgan fingerprint density at radius 1 is 1.02 bits per heavy atom. The molecule has 2 saturated carbocycles. The van der Waals surface area contributed by atoms with E-state index in [1.807, 2.05) is 53.9 Å². The van der Waals surface area contributed by atoms with Crippen molar-refractivity contribution in [2.75, 3.05) is 41.4 Å². The van der Waals surface area contributed by atoms with Gasteiger partial charge in [-0.2, -0.15) is 0 Å². The zero-order chi connectivity index (χ0) is 33.5. The van der Waals surface area contributed by atoms with Crippen LogP contribution in [-0.2, 0) is 21.4 Å². The number of sulfonamides is 1. The topological polar surface area (TPSA) is 146 Å². The number of nitrogens with zero attached hydrogens (tertiary/aromatic N) is 8. The van der Waals surface area contributed by atoms with Gasteiger partial charge in [0, 0.05) is 67.0 Å². The van der Waals surface area contributed by atoms with Crippen molar-refractivity contribution in [1.82, 2.24) is 29.2 Å². The molecule has 5 heterocycles. The lowest BCUT2D eigenvalue weighted by molar-refractivity contribution is -0.123. The molecule has 2 aliphatic carbocycles. The van der Waals surface area contributed by atoms with Gasteiger partial charge in [0.25, 0.3) is 0 Å². The van der Waals surface area contributed by atoms with Gasteiger partial charge >= 0.3 is 6.03 Å². The number of imidazole rings is 1. The van der Waals surface area contributed by atoms with Gasteiger partial charge < -0.3 is 9.72 Å². The van der Waals surface area contributed by atoms with E-state index < -0.39 is 10.0 Å². The molecule has 0 radical (unpaired) electrons. The summed E-state index contributed by atoms with van der Waals surface area (Å²) in [5.41, 5.74) is 6.88. The molecule has 0 bridgehead atoms. The highest BCUT2D eigenvalue weighted by molar-refractivity contribution is 7.92. The number of carbonyl (C=O) groups is 2. The molecule has 8 rings (SSSR count). The second-order valence-corrected chi connectivity index (χ2v) is 15.1. The number of pyridine rings is 2. The van der Waals surface area contributed by atoms with E-state index >= 15 is 0 Å².